The number of thiocarbonyl (C=S) groups is 1. The van der Waals surface area contributed by atoms with Gasteiger partial charge in [0.2, 0.25) is 0 Å². The summed E-state index contributed by atoms with van der Waals surface area (Å²) >= 11 is 5.66. The van der Waals surface area contributed by atoms with Crippen LogP contribution < -0.4 is 15.5 Å². The van der Waals surface area contributed by atoms with E-state index in [1.165, 1.54) is 0 Å². The standard InChI is InChI=1S/C22H20N4O2S/c1-14-13-18(25-28-14)23-21(27)19-15(2)26(17-11-7-4-8-12-17)22(29)24-20(19)16-9-5-3-6-10-16/h3-13,20H,1-2H3,(H,24,29)(H,23,25,27). The normalized spacial score (nSPS) is 16.6. The number of aryl methyl sites for hydroxylation is 1. The van der Waals surface area contributed by atoms with Gasteiger partial charge in [0.05, 0.1) is 11.6 Å². The van der Waals surface area contributed by atoms with E-state index >= 15 is 0 Å². The first kappa shape index (κ1) is 18.9. The number of rotatable bonds is 4. The topological polar surface area (TPSA) is 70.4 Å². The highest BCUT2D eigenvalue weighted by Gasteiger charge is 2.34. The number of allylic oxidation sites excluding steroid dienone is 1. The summed E-state index contributed by atoms with van der Waals surface area (Å²) in [5, 5.41) is 10.6. The fourth-order valence-corrected chi connectivity index (χ4v) is 3.79. The van der Waals surface area contributed by atoms with Crippen molar-refractivity contribution in [1.29, 1.82) is 0 Å². The minimum atomic E-state index is -0.378. The maximum Gasteiger partial charge on any atom is 0.257 e. The van der Waals surface area contributed by atoms with Gasteiger partial charge in [0, 0.05) is 17.5 Å². The second-order valence-corrected chi connectivity index (χ2v) is 7.13. The molecule has 2 heterocycles. The van der Waals surface area contributed by atoms with E-state index in [1.807, 2.05) is 72.5 Å². The summed E-state index contributed by atoms with van der Waals surface area (Å²) in [5.41, 5.74) is 3.15. The van der Waals surface area contributed by atoms with Crippen LogP contribution in [-0.4, -0.2) is 16.2 Å². The van der Waals surface area contributed by atoms with Gasteiger partial charge < -0.3 is 15.2 Å². The van der Waals surface area contributed by atoms with Gasteiger partial charge in [-0.15, -0.1) is 0 Å². The minimum absolute atomic E-state index is 0.263. The summed E-state index contributed by atoms with van der Waals surface area (Å²) in [6.07, 6.45) is 0. The molecule has 4 rings (SSSR count). The molecule has 1 atom stereocenters. The number of hydrogen-bond acceptors (Lipinski definition) is 4. The van der Waals surface area contributed by atoms with E-state index < -0.39 is 0 Å². The monoisotopic (exact) mass is 404 g/mol. The van der Waals surface area contributed by atoms with E-state index in [0.717, 1.165) is 16.9 Å². The Morgan fingerprint density at radius 2 is 1.76 bits per heavy atom. The lowest BCUT2D eigenvalue weighted by Gasteiger charge is -2.37. The van der Waals surface area contributed by atoms with Crippen LogP contribution >= 0.6 is 12.2 Å². The molecule has 0 saturated heterocycles. The highest BCUT2D eigenvalue weighted by atomic mass is 32.1. The summed E-state index contributed by atoms with van der Waals surface area (Å²) in [4.78, 5) is 15.2. The number of carbonyl (C=O) groups excluding carboxylic acids is 1. The Kier molecular flexibility index (Phi) is 5.14. The third-order valence-electron chi connectivity index (χ3n) is 4.75. The second-order valence-electron chi connectivity index (χ2n) is 6.74. The van der Waals surface area contributed by atoms with E-state index in [1.54, 1.807) is 13.0 Å². The summed E-state index contributed by atoms with van der Waals surface area (Å²) in [5.74, 6) is 0.735. The minimum Gasteiger partial charge on any atom is -0.360 e. The molecule has 0 spiro atoms. The first-order valence-electron chi connectivity index (χ1n) is 9.20. The zero-order valence-corrected chi connectivity index (χ0v) is 16.9. The Morgan fingerprint density at radius 3 is 2.38 bits per heavy atom. The molecule has 3 aromatic rings. The lowest BCUT2D eigenvalue weighted by atomic mass is 9.94. The Bertz CT molecular complexity index is 1080. The number of para-hydroxylation sites is 1. The van der Waals surface area contributed by atoms with Crippen LogP contribution in [0.25, 0.3) is 0 Å². The van der Waals surface area contributed by atoms with Gasteiger partial charge in [0.1, 0.15) is 5.76 Å². The van der Waals surface area contributed by atoms with Crippen molar-refractivity contribution in [2.45, 2.75) is 19.9 Å². The number of carbonyl (C=O) groups is 1. The van der Waals surface area contributed by atoms with Crippen molar-refractivity contribution in [2.75, 3.05) is 10.2 Å². The van der Waals surface area contributed by atoms with Crippen molar-refractivity contribution in [1.82, 2.24) is 10.5 Å². The van der Waals surface area contributed by atoms with Crippen molar-refractivity contribution in [3.8, 4) is 0 Å². The number of nitrogens with zero attached hydrogens (tertiary/aromatic N) is 2. The number of aromatic nitrogens is 1. The summed E-state index contributed by atoms with van der Waals surface area (Å²) < 4.78 is 5.07. The fourth-order valence-electron chi connectivity index (χ4n) is 3.43. The van der Waals surface area contributed by atoms with Crippen LogP contribution in [0.4, 0.5) is 11.5 Å². The molecule has 146 valence electrons. The SMILES string of the molecule is CC1=C(C(=O)Nc2cc(C)on2)C(c2ccccc2)NC(=S)N1c1ccccc1. The number of hydrogen-bond donors (Lipinski definition) is 2. The molecule has 0 aliphatic carbocycles. The van der Waals surface area contributed by atoms with E-state index in [0.29, 0.717) is 22.3 Å². The molecular formula is C22H20N4O2S. The molecule has 1 amide bonds. The molecule has 2 aromatic carbocycles. The number of amides is 1. The molecule has 0 radical (unpaired) electrons. The molecule has 2 N–H and O–H groups in total. The van der Waals surface area contributed by atoms with Gasteiger partial charge in [-0.1, -0.05) is 53.7 Å². The number of anilines is 2. The highest BCUT2D eigenvalue weighted by molar-refractivity contribution is 7.80. The number of nitrogens with one attached hydrogen (secondary N) is 2. The lowest BCUT2D eigenvalue weighted by Crippen LogP contribution is -2.48. The maximum absolute atomic E-state index is 13.3. The molecule has 6 nitrogen and oxygen atoms in total. The molecule has 0 bridgehead atoms. The van der Waals surface area contributed by atoms with Gasteiger partial charge in [-0.2, -0.15) is 0 Å². The highest BCUT2D eigenvalue weighted by Crippen LogP contribution is 2.34. The van der Waals surface area contributed by atoms with Crippen molar-refractivity contribution in [3.63, 3.8) is 0 Å². The van der Waals surface area contributed by atoms with Gasteiger partial charge in [0.25, 0.3) is 5.91 Å². The molecule has 1 aromatic heterocycles. The van der Waals surface area contributed by atoms with E-state index in [-0.39, 0.29) is 11.9 Å². The van der Waals surface area contributed by atoms with Gasteiger partial charge in [-0.05, 0) is 43.8 Å². The molecule has 1 aliphatic heterocycles. The lowest BCUT2D eigenvalue weighted by molar-refractivity contribution is -0.113. The Morgan fingerprint density at radius 1 is 1.10 bits per heavy atom. The Balaban J connectivity index is 1.79. The first-order chi connectivity index (χ1) is 14.0. The maximum atomic E-state index is 13.3. The Labute approximate surface area is 174 Å². The second kappa shape index (κ2) is 7.89. The third kappa shape index (κ3) is 3.77. The molecule has 29 heavy (non-hydrogen) atoms. The van der Waals surface area contributed by atoms with E-state index in [2.05, 4.69) is 15.8 Å². The largest absolute Gasteiger partial charge is 0.360 e. The quantitative estimate of drug-likeness (QED) is 0.631. The van der Waals surface area contributed by atoms with Crippen molar-refractivity contribution >= 4 is 34.7 Å². The molecule has 1 aliphatic rings. The van der Waals surface area contributed by atoms with Gasteiger partial charge in [-0.25, -0.2) is 0 Å². The summed E-state index contributed by atoms with van der Waals surface area (Å²) in [6.45, 7) is 3.68. The molecular weight excluding hydrogens is 384 g/mol. The fraction of sp³-hybridized carbons (Fsp3) is 0.136. The smallest absolute Gasteiger partial charge is 0.257 e. The number of benzene rings is 2. The third-order valence-corrected chi connectivity index (χ3v) is 5.05. The van der Waals surface area contributed by atoms with Crippen LogP contribution in [0.5, 0.6) is 0 Å². The van der Waals surface area contributed by atoms with Crippen molar-refractivity contribution < 1.29 is 9.32 Å². The molecule has 0 saturated carbocycles. The van der Waals surface area contributed by atoms with Gasteiger partial charge in [-0.3, -0.25) is 9.69 Å². The average Bonchev–Trinajstić information content (AvgIpc) is 3.13. The van der Waals surface area contributed by atoms with Crippen LogP contribution in [-0.2, 0) is 4.79 Å². The Hall–Kier alpha value is -3.45. The van der Waals surface area contributed by atoms with Crippen LogP contribution in [0.15, 0.2) is 82.5 Å². The van der Waals surface area contributed by atoms with Crippen molar-refractivity contribution in [3.05, 3.63) is 89.3 Å². The zero-order valence-electron chi connectivity index (χ0n) is 16.0. The zero-order chi connectivity index (χ0) is 20.4. The summed E-state index contributed by atoms with van der Waals surface area (Å²) in [7, 11) is 0. The van der Waals surface area contributed by atoms with Gasteiger partial charge >= 0.3 is 0 Å². The predicted molar refractivity (Wildman–Crippen MR) is 116 cm³/mol. The summed E-state index contributed by atoms with van der Waals surface area (Å²) in [6, 6.07) is 20.8. The van der Waals surface area contributed by atoms with Crippen LogP contribution in [0.3, 0.4) is 0 Å². The van der Waals surface area contributed by atoms with Crippen LogP contribution in [0, 0.1) is 6.92 Å². The predicted octanol–water partition coefficient (Wildman–Crippen LogP) is 4.33. The van der Waals surface area contributed by atoms with Crippen molar-refractivity contribution in [2.24, 2.45) is 0 Å². The van der Waals surface area contributed by atoms with Gasteiger partial charge in [0.15, 0.2) is 10.9 Å². The molecule has 0 fully saturated rings. The molecule has 7 heteroatoms. The van der Waals surface area contributed by atoms with E-state index in [9.17, 15) is 4.79 Å². The van der Waals surface area contributed by atoms with E-state index in [4.69, 9.17) is 16.7 Å². The molecule has 1 unspecified atom stereocenters. The van der Waals surface area contributed by atoms with Crippen LogP contribution in [0.1, 0.15) is 24.3 Å². The average molecular weight is 404 g/mol. The first-order valence-corrected chi connectivity index (χ1v) is 9.61. The van der Waals surface area contributed by atoms with Crippen LogP contribution in [0.2, 0.25) is 0 Å².